The summed E-state index contributed by atoms with van der Waals surface area (Å²) < 4.78 is 13.5. The largest absolute Gasteiger partial charge is 1.00 e. The van der Waals surface area contributed by atoms with Crippen molar-refractivity contribution >= 4 is 141 Å². The Morgan fingerprint density at radius 3 is 1.46 bits per heavy atom. The predicted octanol–water partition coefficient (Wildman–Crippen LogP) is 0.684. The number of benzene rings is 4. The van der Waals surface area contributed by atoms with Crippen molar-refractivity contribution in [3.05, 3.63) is 144 Å². The van der Waals surface area contributed by atoms with Crippen molar-refractivity contribution in [2.45, 2.75) is 60.3 Å². The van der Waals surface area contributed by atoms with Crippen LogP contribution in [0.5, 0.6) is 0 Å². The minimum Gasteiger partial charge on any atom is -1.00 e. The number of carbonyl (C=O) groups is 1. The highest BCUT2D eigenvalue weighted by Gasteiger charge is 2.24. The van der Waals surface area contributed by atoms with Crippen LogP contribution in [0.25, 0.3) is 66.3 Å². The van der Waals surface area contributed by atoms with E-state index >= 15 is 0 Å². The number of aliphatic carboxylic acids is 1. The third kappa shape index (κ3) is 11.8. The second-order valence-corrected chi connectivity index (χ2v) is 22.9. The van der Waals surface area contributed by atoms with Crippen LogP contribution in [-0.4, -0.2) is 79.4 Å². The Morgan fingerprint density at radius 1 is 0.597 bits per heavy atom. The van der Waals surface area contributed by atoms with Gasteiger partial charge in [0.25, 0.3) is 21.1 Å². The third-order valence-electron chi connectivity index (χ3n) is 12.5. The summed E-state index contributed by atoms with van der Waals surface area (Å²) in [5, 5.41) is 28.3. The number of hydrogen-bond donors (Lipinski definition) is 2. The van der Waals surface area contributed by atoms with Gasteiger partial charge >= 0.3 is 5.97 Å². The fourth-order valence-corrected chi connectivity index (χ4v) is 15.9. The van der Waals surface area contributed by atoms with E-state index in [2.05, 4.69) is 112 Å². The summed E-state index contributed by atoms with van der Waals surface area (Å²) in [6.07, 6.45) is 12.3. The van der Waals surface area contributed by atoms with Crippen LogP contribution in [0.15, 0.2) is 105 Å². The molecule has 2 aliphatic rings. The van der Waals surface area contributed by atoms with Gasteiger partial charge in [-0.2, -0.15) is 9.13 Å². The first-order valence-corrected chi connectivity index (χ1v) is 28.9. The van der Waals surface area contributed by atoms with Crippen LogP contribution in [0.4, 0.5) is 0 Å². The Hall–Kier alpha value is -3.81. The zero-order valence-corrected chi connectivity index (χ0v) is 49.6. The molecule has 4 aromatic carbocycles. The van der Waals surface area contributed by atoms with Gasteiger partial charge in [0.2, 0.25) is 11.0 Å². The lowest BCUT2D eigenvalue weighted by atomic mass is 10.1. The summed E-state index contributed by atoms with van der Waals surface area (Å²) in [5.41, 5.74) is 2.20. The van der Waals surface area contributed by atoms with Crippen molar-refractivity contribution in [2.75, 3.05) is 44.3 Å². The molecule has 2 aliphatic heterocycles. The van der Waals surface area contributed by atoms with E-state index in [-0.39, 0.29) is 72.1 Å². The maximum Gasteiger partial charge on any atom is 0.309 e. The van der Waals surface area contributed by atoms with Gasteiger partial charge in [0.15, 0.2) is 13.1 Å². The molecule has 19 heteroatoms. The van der Waals surface area contributed by atoms with Crippen molar-refractivity contribution in [1.82, 2.24) is 18.9 Å². The van der Waals surface area contributed by atoms with Gasteiger partial charge in [-0.05, 0) is 74.9 Å². The molecule has 2 N–H and O–H groups in total. The summed E-state index contributed by atoms with van der Waals surface area (Å²) in [5.74, 6) is 1.35. The minimum absolute atomic E-state index is 0. The monoisotopic (exact) mass is 1300 g/mol. The Morgan fingerprint density at radius 2 is 1.04 bits per heavy atom. The number of carboxylic acid groups (broad SMARTS) is 1. The smallest absolute Gasteiger partial charge is 0.309 e. The molecule has 0 unspecified atom stereocenters. The first kappa shape index (κ1) is 55.9. The maximum absolute atomic E-state index is 13.2. The molecule has 0 saturated carbocycles. The molecule has 378 valence electrons. The quantitative estimate of drug-likeness (QED) is 0.127. The fraction of sp³-hybridized carbons (Fsp3) is 0.302. The number of aromatic nitrogens is 4. The van der Waals surface area contributed by atoms with Gasteiger partial charge in [-0.1, -0.05) is 71.2 Å². The highest BCUT2D eigenvalue weighted by Crippen LogP contribution is 2.32. The van der Waals surface area contributed by atoms with Gasteiger partial charge in [0.05, 0.1) is 31.3 Å². The van der Waals surface area contributed by atoms with Crippen molar-refractivity contribution in [1.29, 1.82) is 0 Å². The highest BCUT2D eigenvalue weighted by molar-refractivity contribution is 8.03. The molecule has 10 rings (SSSR count). The normalized spacial score (nSPS) is 16.0. The van der Waals surface area contributed by atoms with Gasteiger partial charge in [-0.15, -0.1) is 46.2 Å². The van der Waals surface area contributed by atoms with Gasteiger partial charge in [0.1, 0.15) is 31.8 Å². The van der Waals surface area contributed by atoms with Crippen LogP contribution in [0.3, 0.4) is 0 Å². The average molecular weight is 1300 g/mol. The van der Waals surface area contributed by atoms with E-state index in [1.165, 1.54) is 48.2 Å². The topological polar surface area (TPSA) is 116 Å². The molecule has 11 nitrogen and oxygen atoms in total. The van der Waals surface area contributed by atoms with E-state index in [9.17, 15) is 24.6 Å². The van der Waals surface area contributed by atoms with Gasteiger partial charge in [0, 0.05) is 73.7 Å². The van der Waals surface area contributed by atoms with Gasteiger partial charge in [-0.3, -0.25) is 23.5 Å². The van der Waals surface area contributed by atoms with Crippen molar-refractivity contribution in [3.8, 4) is 0 Å². The van der Waals surface area contributed by atoms with E-state index in [4.69, 9.17) is 0 Å². The lowest BCUT2D eigenvalue weighted by Gasteiger charge is -2.14. The molecular weight excluding hydrogens is 1250 g/mol. The zero-order valence-electron chi connectivity index (χ0n) is 40.4. The molecule has 0 amide bonds. The number of aryl methyl sites for hydroxylation is 1. The molecule has 2 saturated heterocycles. The Kier molecular flexibility index (Phi) is 19.9. The molecule has 2 fully saturated rings. The molecule has 4 aromatic heterocycles. The molecular formula is C53H56I2N6O5S6. The standard InChI is InChI=1S/C27H27N3O3S3.C26H28N3O2S3.2HI/c1-3-28-15-16-34-22(28)12-11-21-27(33)29(4-2)23(35-21)17-24-30(14-13-25(31)32)20-10-9-18-7-5-6-8-19(18)26(20)36-24;1-3-27-14-16-32-22(27)12-11-21-26(31)28(4-2)23(33-21)17-24-29(13-15-30)20-10-9-18-7-5-6-8-19(18)25(20)34-24;;/h5-12,17H,3-4,13-16H2,1-2H3;5-12,17,30H,3-4,13-16H2,1-2H3;2*1H/q;+1;;/p-1/b2*21-11-,22-12-;;. The number of nitrogens with zero attached hydrogens (tertiary/aromatic N) is 6. The van der Waals surface area contributed by atoms with E-state index in [1.807, 2.05) is 72.3 Å². The first-order valence-electron chi connectivity index (χ1n) is 23.7. The number of carboxylic acids is 1. The second-order valence-electron chi connectivity index (χ2n) is 16.5. The molecule has 0 bridgehead atoms. The Labute approximate surface area is 476 Å². The number of thiazole rings is 4. The number of thioether (sulfide) groups is 2. The molecule has 0 radical (unpaired) electrons. The lowest BCUT2D eigenvalue weighted by molar-refractivity contribution is -0.670. The molecule has 0 spiro atoms. The summed E-state index contributed by atoms with van der Waals surface area (Å²) in [4.78, 5) is 42.4. The van der Waals surface area contributed by atoms with Crippen molar-refractivity contribution in [3.63, 3.8) is 0 Å². The van der Waals surface area contributed by atoms with Gasteiger partial charge < -0.3 is 68.0 Å². The van der Waals surface area contributed by atoms with Crippen LogP contribution < -0.4 is 86.6 Å². The number of aliphatic hydroxyl groups is 1. The fourth-order valence-electron chi connectivity index (χ4n) is 8.92. The molecule has 8 aromatic rings. The predicted molar refractivity (Wildman–Crippen MR) is 297 cm³/mol. The number of hydrogen-bond acceptors (Lipinski definition) is 12. The number of rotatable bonds is 13. The van der Waals surface area contributed by atoms with Crippen LogP contribution in [0.2, 0.25) is 0 Å². The second kappa shape index (κ2) is 25.6. The summed E-state index contributed by atoms with van der Waals surface area (Å²) in [6, 6.07) is 25.1. The summed E-state index contributed by atoms with van der Waals surface area (Å²) in [7, 11) is 0. The summed E-state index contributed by atoms with van der Waals surface area (Å²) in [6.45, 7) is 14.5. The lowest BCUT2D eigenvalue weighted by Crippen LogP contribution is -3.00. The van der Waals surface area contributed by atoms with Crippen molar-refractivity contribution in [2.24, 2.45) is 0 Å². The molecule has 0 aliphatic carbocycles. The number of allylic oxidation sites excluding steroid dienone is 2. The SMILES string of the molecule is CCN1CCS/C1=C\C=c1/s/c(=C\c2sc3c4ccccc4ccc3[n+]2CCC(=O)O)n(CC)c1=O.CCN1CCS/C1=C\C=c1/s/c(=C\c2sc3c4ccccc4ccc3[n+]2CCO)n(CC)c1=O.[I-].[I-]. The maximum atomic E-state index is 13.2. The van der Waals surface area contributed by atoms with Crippen LogP contribution in [-0.2, 0) is 31.0 Å². The summed E-state index contributed by atoms with van der Waals surface area (Å²) >= 11 is 10.1. The van der Waals surface area contributed by atoms with Crippen LogP contribution >= 0.6 is 68.9 Å². The highest BCUT2D eigenvalue weighted by atomic mass is 127. The third-order valence-corrected chi connectivity index (χ3v) is 19.2. The van der Waals surface area contributed by atoms with Gasteiger partial charge in [-0.25, -0.2) is 0 Å². The van der Waals surface area contributed by atoms with Crippen molar-refractivity contribution < 1.29 is 72.1 Å². The molecule has 0 atom stereocenters. The number of halogens is 2. The van der Waals surface area contributed by atoms with E-state index in [0.717, 1.165) is 88.1 Å². The Balaban J connectivity index is 0.000000206. The van der Waals surface area contributed by atoms with E-state index in [0.29, 0.717) is 30.7 Å². The Bertz CT molecular complexity index is 3720. The molecule has 6 heterocycles. The van der Waals surface area contributed by atoms with Crippen LogP contribution in [0, 0.1) is 0 Å². The van der Waals surface area contributed by atoms with E-state index in [1.54, 1.807) is 27.2 Å². The first-order chi connectivity index (χ1) is 34.1. The van der Waals surface area contributed by atoms with E-state index < -0.39 is 5.97 Å². The number of fused-ring (bicyclic) bond motifs is 6. The number of aliphatic hydroxyl groups excluding tert-OH is 1. The average Bonchev–Trinajstić information content (AvgIpc) is 4.24. The van der Waals surface area contributed by atoms with Crippen LogP contribution in [0.1, 0.15) is 44.1 Å². The minimum atomic E-state index is -0.828. The molecule has 72 heavy (non-hydrogen) atoms. The zero-order chi connectivity index (χ0) is 48.9.